The first kappa shape index (κ1) is 17.0. The molecule has 23 heavy (non-hydrogen) atoms. The average molecular weight is 347 g/mol. The second-order valence-electron chi connectivity index (χ2n) is 5.30. The quantitative estimate of drug-likeness (QED) is 0.727. The van der Waals surface area contributed by atoms with Gasteiger partial charge in [-0.2, -0.15) is 0 Å². The van der Waals surface area contributed by atoms with Gasteiger partial charge in [-0.05, 0) is 35.4 Å². The monoisotopic (exact) mass is 346 g/mol. The molecule has 0 spiro atoms. The molecule has 0 heterocycles. The molecule has 2 aromatic rings. The zero-order chi connectivity index (χ0) is 17.0. The maximum Gasteiger partial charge on any atom is 0.292 e. The van der Waals surface area contributed by atoms with E-state index in [2.05, 4.69) is 0 Å². The highest BCUT2D eigenvalue weighted by Gasteiger charge is 2.25. The molecule has 0 fully saturated rings. The van der Waals surface area contributed by atoms with Crippen molar-refractivity contribution in [2.75, 3.05) is 0 Å². The number of nitriles is 2. The molecular formula is C17H12Cl2N2O2. The molecule has 0 saturated carbocycles. The van der Waals surface area contributed by atoms with Crippen LogP contribution in [0.4, 0.5) is 0 Å². The molecule has 6 heteroatoms. The summed E-state index contributed by atoms with van der Waals surface area (Å²) in [5.74, 6) is 0.619. The van der Waals surface area contributed by atoms with Crippen molar-refractivity contribution in [2.24, 2.45) is 0 Å². The van der Waals surface area contributed by atoms with Gasteiger partial charge in [0.2, 0.25) is 0 Å². The molecule has 0 saturated heterocycles. The minimum atomic E-state index is -0.399. The number of benzene rings is 2. The summed E-state index contributed by atoms with van der Waals surface area (Å²) in [7, 11) is 0. The summed E-state index contributed by atoms with van der Waals surface area (Å²) in [6.07, 6.45) is 3.20. The molecule has 0 amide bonds. The van der Waals surface area contributed by atoms with Crippen molar-refractivity contribution in [1.82, 2.24) is 0 Å². The number of halogens is 2. The number of hydrogen-bond acceptors (Lipinski definition) is 4. The van der Waals surface area contributed by atoms with E-state index in [1.807, 2.05) is 26.0 Å². The first-order chi connectivity index (χ1) is 10.9. The summed E-state index contributed by atoms with van der Waals surface area (Å²) in [5, 5.41) is 17.9. The Morgan fingerprint density at radius 2 is 1.22 bits per heavy atom. The van der Waals surface area contributed by atoms with E-state index in [-0.39, 0.29) is 0 Å². The van der Waals surface area contributed by atoms with Gasteiger partial charge < -0.3 is 9.47 Å². The Hall–Kier alpha value is -2.40. The minimum Gasteiger partial charge on any atom is -0.386 e. The fourth-order valence-electron chi connectivity index (χ4n) is 2.21. The van der Waals surface area contributed by atoms with Gasteiger partial charge in [-0.25, -0.2) is 0 Å². The van der Waals surface area contributed by atoms with Gasteiger partial charge in [0.1, 0.15) is 0 Å². The van der Waals surface area contributed by atoms with E-state index in [0.717, 1.165) is 11.1 Å². The molecule has 0 aliphatic carbocycles. The topological polar surface area (TPSA) is 66.0 Å². The van der Waals surface area contributed by atoms with E-state index in [9.17, 15) is 0 Å². The fraction of sp³-hybridized carbons (Fsp3) is 0.176. The van der Waals surface area contributed by atoms with Crippen LogP contribution in [0.15, 0.2) is 36.4 Å². The molecule has 2 rings (SSSR count). The lowest BCUT2D eigenvalue weighted by Crippen LogP contribution is -2.19. The third kappa shape index (κ3) is 3.51. The molecule has 0 radical (unpaired) electrons. The largest absolute Gasteiger partial charge is 0.386 e. The number of rotatable bonds is 4. The summed E-state index contributed by atoms with van der Waals surface area (Å²) >= 11 is 12.3. The van der Waals surface area contributed by atoms with Gasteiger partial charge in [0.05, 0.1) is 10.0 Å². The lowest BCUT2D eigenvalue weighted by Gasteiger charge is -2.27. The molecule has 0 aliphatic heterocycles. The zero-order valence-electron chi connectivity index (χ0n) is 12.4. The Bertz CT molecular complexity index is 753. The van der Waals surface area contributed by atoms with Gasteiger partial charge in [0.15, 0.2) is 11.5 Å². The summed E-state index contributed by atoms with van der Waals surface area (Å²) in [6, 6.07) is 10.5. The first-order valence-electron chi connectivity index (χ1n) is 6.62. The van der Waals surface area contributed by atoms with Crippen LogP contribution in [0.3, 0.4) is 0 Å². The van der Waals surface area contributed by atoms with Crippen molar-refractivity contribution < 1.29 is 9.47 Å². The molecule has 4 nitrogen and oxygen atoms in total. The van der Waals surface area contributed by atoms with Crippen molar-refractivity contribution in [3.8, 4) is 24.0 Å². The third-order valence-electron chi connectivity index (χ3n) is 3.62. The predicted octanol–water partition coefficient (Wildman–Crippen LogP) is 5.04. The second-order valence-corrected chi connectivity index (χ2v) is 6.12. The Morgan fingerprint density at radius 3 is 1.52 bits per heavy atom. The van der Waals surface area contributed by atoms with Gasteiger partial charge >= 0.3 is 0 Å². The van der Waals surface area contributed by atoms with Crippen molar-refractivity contribution in [1.29, 1.82) is 10.5 Å². The van der Waals surface area contributed by atoms with Crippen molar-refractivity contribution >= 4 is 23.2 Å². The first-order valence-corrected chi connectivity index (χ1v) is 7.37. The third-order valence-corrected chi connectivity index (χ3v) is 4.21. The Labute approximate surface area is 144 Å². The van der Waals surface area contributed by atoms with E-state index in [0.29, 0.717) is 21.5 Å². The molecule has 116 valence electrons. The van der Waals surface area contributed by atoms with Crippen LogP contribution in [0.25, 0.3) is 0 Å². The maximum atomic E-state index is 8.57. The molecule has 0 aliphatic rings. The van der Waals surface area contributed by atoms with Crippen LogP contribution in [0.2, 0.25) is 10.0 Å². The van der Waals surface area contributed by atoms with Crippen LogP contribution < -0.4 is 9.47 Å². The molecular weight excluding hydrogens is 335 g/mol. The van der Waals surface area contributed by atoms with Crippen LogP contribution in [0.5, 0.6) is 11.5 Å². The van der Waals surface area contributed by atoms with Crippen LogP contribution in [0.1, 0.15) is 25.0 Å². The van der Waals surface area contributed by atoms with Gasteiger partial charge in [-0.3, -0.25) is 0 Å². The SMILES string of the molecule is CC(C)(c1ccc(OC#N)c(Cl)c1)c1ccc(OC#N)c(Cl)c1. The Kier molecular flexibility index (Phi) is 5.01. The minimum absolute atomic E-state index is 0.310. The summed E-state index contributed by atoms with van der Waals surface area (Å²) in [5.41, 5.74) is 1.46. The highest BCUT2D eigenvalue weighted by molar-refractivity contribution is 6.32. The smallest absolute Gasteiger partial charge is 0.292 e. The van der Waals surface area contributed by atoms with Crippen LogP contribution in [0, 0.1) is 23.0 Å². The summed E-state index contributed by atoms with van der Waals surface area (Å²) in [4.78, 5) is 0. The molecule has 0 unspecified atom stereocenters. The van der Waals surface area contributed by atoms with Crippen molar-refractivity contribution in [2.45, 2.75) is 19.3 Å². The average Bonchev–Trinajstić information content (AvgIpc) is 2.51. The molecule has 0 atom stereocenters. The number of hydrogen-bond donors (Lipinski definition) is 0. The zero-order valence-corrected chi connectivity index (χ0v) is 13.9. The van der Waals surface area contributed by atoms with E-state index in [4.69, 9.17) is 43.2 Å². The molecule has 0 N–H and O–H groups in total. The Balaban J connectivity index is 2.42. The van der Waals surface area contributed by atoms with Crippen LogP contribution in [-0.2, 0) is 5.41 Å². The lowest BCUT2D eigenvalue weighted by atomic mass is 9.78. The normalized spacial score (nSPS) is 10.5. The van der Waals surface area contributed by atoms with Gasteiger partial charge in [0, 0.05) is 5.41 Å². The summed E-state index contributed by atoms with van der Waals surface area (Å²) in [6.45, 7) is 4.03. The fourth-order valence-corrected chi connectivity index (χ4v) is 2.65. The van der Waals surface area contributed by atoms with Gasteiger partial charge in [-0.1, -0.05) is 49.2 Å². The van der Waals surface area contributed by atoms with Crippen LogP contribution in [-0.4, -0.2) is 0 Å². The van der Waals surface area contributed by atoms with E-state index in [1.54, 1.807) is 36.8 Å². The van der Waals surface area contributed by atoms with E-state index >= 15 is 0 Å². The van der Waals surface area contributed by atoms with Crippen LogP contribution >= 0.6 is 23.2 Å². The number of nitrogens with zero attached hydrogens (tertiary/aromatic N) is 2. The van der Waals surface area contributed by atoms with Crippen molar-refractivity contribution in [3.63, 3.8) is 0 Å². The summed E-state index contributed by atoms with van der Waals surface area (Å²) < 4.78 is 9.55. The lowest BCUT2D eigenvalue weighted by molar-refractivity contribution is 0.505. The Morgan fingerprint density at radius 1 is 0.826 bits per heavy atom. The highest BCUT2D eigenvalue weighted by atomic mass is 35.5. The molecule has 0 aromatic heterocycles. The molecule has 2 aromatic carbocycles. The van der Waals surface area contributed by atoms with E-state index in [1.165, 1.54) is 0 Å². The van der Waals surface area contributed by atoms with Gasteiger partial charge in [-0.15, -0.1) is 10.5 Å². The standard InChI is InChI=1S/C17H12Cl2N2O2/c1-17(2,11-3-5-15(22-9-20)13(18)7-11)12-4-6-16(23-10-21)14(19)8-12/h3-8H,1-2H3. The molecule has 0 bridgehead atoms. The second kappa shape index (κ2) is 6.79. The van der Waals surface area contributed by atoms with E-state index < -0.39 is 5.41 Å². The van der Waals surface area contributed by atoms with Crippen molar-refractivity contribution in [3.05, 3.63) is 57.6 Å². The number of ether oxygens (including phenoxy) is 2. The van der Waals surface area contributed by atoms with Gasteiger partial charge in [0.25, 0.3) is 12.5 Å². The maximum absolute atomic E-state index is 8.57. The highest BCUT2D eigenvalue weighted by Crippen LogP contribution is 2.38. The predicted molar refractivity (Wildman–Crippen MR) is 87.5 cm³/mol.